The summed E-state index contributed by atoms with van der Waals surface area (Å²) in [7, 11) is 1.29. The standard InChI is InChI=1S/C24H24FNO4S/c1-4-30-19-12-5-16(6-13-19)7-14-20(27)26-23-22(24(28)29-3)21(15(2)31-23)17-8-10-18(25)11-9-17/h5-6,8-13H,4,7,14H2,1-3H3,(H,26,27). The summed E-state index contributed by atoms with van der Waals surface area (Å²) >= 11 is 1.30. The summed E-state index contributed by atoms with van der Waals surface area (Å²) in [5.74, 6) is -0.323. The molecular formula is C24H24FNO4S. The molecule has 1 N–H and O–H groups in total. The third-order valence-corrected chi connectivity index (χ3v) is 5.76. The normalized spacial score (nSPS) is 10.6. The van der Waals surface area contributed by atoms with Crippen LogP contribution in [0.2, 0.25) is 0 Å². The van der Waals surface area contributed by atoms with Gasteiger partial charge in [-0.1, -0.05) is 24.3 Å². The fourth-order valence-electron chi connectivity index (χ4n) is 3.26. The minimum absolute atomic E-state index is 0.203. The minimum atomic E-state index is -0.550. The molecule has 31 heavy (non-hydrogen) atoms. The molecule has 3 rings (SSSR count). The first-order valence-corrected chi connectivity index (χ1v) is 10.7. The first kappa shape index (κ1) is 22.5. The Hall–Kier alpha value is -3.19. The molecule has 1 heterocycles. The van der Waals surface area contributed by atoms with Crippen molar-refractivity contribution in [1.82, 2.24) is 0 Å². The lowest BCUT2D eigenvalue weighted by Crippen LogP contribution is -2.14. The molecule has 0 aliphatic rings. The van der Waals surface area contributed by atoms with Crippen molar-refractivity contribution in [3.05, 3.63) is 70.4 Å². The molecule has 0 unspecified atom stereocenters. The van der Waals surface area contributed by atoms with Gasteiger partial charge in [0.05, 0.1) is 13.7 Å². The van der Waals surface area contributed by atoms with Crippen LogP contribution in [0.5, 0.6) is 5.75 Å². The van der Waals surface area contributed by atoms with Gasteiger partial charge in [0.25, 0.3) is 0 Å². The number of hydrogen-bond acceptors (Lipinski definition) is 5. The number of carbonyl (C=O) groups excluding carboxylic acids is 2. The van der Waals surface area contributed by atoms with Crippen molar-refractivity contribution in [2.24, 2.45) is 0 Å². The van der Waals surface area contributed by atoms with Crippen LogP contribution in [0.4, 0.5) is 9.39 Å². The summed E-state index contributed by atoms with van der Waals surface area (Å²) < 4.78 is 23.7. The van der Waals surface area contributed by atoms with Crippen molar-refractivity contribution in [3.8, 4) is 16.9 Å². The zero-order valence-corrected chi connectivity index (χ0v) is 18.5. The van der Waals surface area contributed by atoms with E-state index in [9.17, 15) is 14.0 Å². The summed E-state index contributed by atoms with van der Waals surface area (Å²) in [6, 6.07) is 13.5. The highest BCUT2D eigenvalue weighted by atomic mass is 32.1. The van der Waals surface area contributed by atoms with Crippen molar-refractivity contribution in [2.45, 2.75) is 26.7 Å². The summed E-state index contributed by atoms with van der Waals surface area (Å²) in [4.78, 5) is 25.9. The molecule has 1 amide bonds. The van der Waals surface area contributed by atoms with E-state index in [0.717, 1.165) is 16.2 Å². The van der Waals surface area contributed by atoms with Gasteiger partial charge in [0.2, 0.25) is 5.91 Å². The second kappa shape index (κ2) is 10.2. The number of methoxy groups -OCH3 is 1. The zero-order chi connectivity index (χ0) is 22.4. The van der Waals surface area contributed by atoms with Gasteiger partial charge in [-0.15, -0.1) is 11.3 Å². The Balaban J connectivity index is 1.77. The highest BCUT2D eigenvalue weighted by Crippen LogP contribution is 2.40. The van der Waals surface area contributed by atoms with Gasteiger partial charge in [-0.05, 0) is 55.7 Å². The number of benzene rings is 2. The third-order valence-electron chi connectivity index (χ3n) is 4.73. The first-order chi connectivity index (χ1) is 14.9. The maximum absolute atomic E-state index is 13.3. The summed E-state index contributed by atoms with van der Waals surface area (Å²) in [5, 5.41) is 3.28. The molecule has 0 radical (unpaired) electrons. The maximum Gasteiger partial charge on any atom is 0.341 e. The van der Waals surface area contributed by atoms with Crippen LogP contribution in [0.15, 0.2) is 48.5 Å². The van der Waals surface area contributed by atoms with E-state index in [0.29, 0.717) is 29.2 Å². The van der Waals surface area contributed by atoms with Crippen LogP contribution in [-0.4, -0.2) is 25.6 Å². The lowest BCUT2D eigenvalue weighted by Gasteiger charge is -2.09. The van der Waals surface area contributed by atoms with Gasteiger partial charge in [0.1, 0.15) is 22.1 Å². The highest BCUT2D eigenvalue weighted by Gasteiger charge is 2.25. The van der Waals surface area contributed by atoms with E-state index in [-0.39, 0.29) is 23.7 Å². The monoisotopic (exact) mass is 441 g/mol. The third kappa shape index (κ3) is 5.49. The van der Waals surface area contributed by atoms with E-state index in [2.05, 4.69) is 5.32 Å². The van der Waals surface area contributed by atoms with Gasteiger partial charge >= 0.3 is 5.97 Å². The van der Waals surface area contributed by atoms with E-state index in [4.69, 9.17) is 9.47 Å². The fraction of sp³-hybridized carbons (Fsp3) is 0.250. The molecule has 0 spiro atoms. The number of amides is 1. The number of hydrogen-bond donors (Lipinski definition) is 1. The van der Waals surface area contributed by atoms with Gasteiger partial charge in [0, 0.05) is 16.9 Å². The largest absolute Gasteiger partial charge is 0.494 e. The Labute approximate surface area is 184 Å². The van der Waals surface area contributed by atoms with E-state index >= 15 is 0 Å². The van der Waals surface area contributed by atoms with Crippen LogP contribution in [0, 0.1) is 12.7 Å². The molecule has 1 aromatic heterocycles. The topological polar surface area (TPSA) is 64.6 Å². The van der Waals surface area contributed by atoms with Crippen molar-refractivity contribution in [3.63, 3.8) is 0 Å². The molecule has 2 aromatic carbocycles. The molecule has 0 bridgehead atoms. The van der Waals surface area contributed by atoms with Crippen molar-refractivity contribution in [1.29, 1.82) is 0 Å². The average Bonchev–Trinajstić information content (AvgIpc) is 3.09. The molecule has 5 nitrogen and oxygen atoms in total. The first-order valence-electron chi connectivity index (χ1n) is 9.92. The smallest absolute Gasteiger partial charge is 0.341 e. The SMILES string of the molecule is CCOc1ccc(CCC(=O)Nc2sc(C)c(-c3ccc(F)cc3)c2C(=O)OC)cc1. The van der Waals surface area contributed by atoms with Crippen LogP contribution >= 0.6 is 11.3 Å². The Morgan fingerprint density at radius 2 is 1.74 bits per heavy atom. The van der Waals surface area contributed by atoms with Gasteiger partial charge in [0.15, 0.2) is 0 Å². The predicted octanol–water partition coefficient (Wildman–Crippen LogP) is 5.62. The summed E-state index contributed by atoms with van der Waals surface area (Å²) in [6.45, 7) is 4.38. The van der Waals surface area contributed by atoms with Crippen LogP contribution in [0.3, 0.4) is 0 Å². The lowest BCUT2D eigenvalue weighted by molar-refractivity contribution is -0.116. The number of aryl methyl sites for hydroxylation is 2. The van der Waals surface area contributed by atoms with Crippen molar-refractivity contribution in [2.75, 3.05) is 19.0 Å². The minimum Gasteiger partial charge on any atom is -0.494 e. The summed E-state index contributed by atoms with van der Waals surface area (Å²) in [5.41, 5.74) is 2.62. The number of esters is 1. The second-order valence-corrected chi connectivity index (χ2v) is 8.09. The maximum atomic E-state index is 13.3. The molecule has 0 aliphatic heterocycles. The molecule has 0 saturated carbocycles. The number of thiophene rings is 1. The molecule has 162 valence electrons. The van der Waals surface area contributed by atoms with E-state index in [1.54, 1.807) is 12.1 Å². The van der Waals surface area contributed by atoms with Crippen LogP contribution in [-0.2, 0) is 16.0 Å². The average molecular weight is 442 g/mol. The fourth-order valence-corrected chi connectivity index (χ4v) is 4.34. The molecule has 0 atom stereocenters. The van der Waals surface area contributed by atoms with Gasteiger partial charge < -0.3 is 14.8 Å². The molecule has 0 fully saturated rings. The van der Waals surface area contributed by atoms with E-state index in [1.807, 2.05) is 38.1 Å². The summed E-state index contributed by atoms with van der Waals surface area (Å²) in [6.07, 6.45) is 0.818. The van der Waals surface area contributed by atoms with Gasteiger partial charge in [-0.3, -0.25) is 4.79 Å². The molecular weight excluding hydrogens is 417 g/mol. The zero-order valence-electron chi connectivity index (χ0n) is 17.7. The van der Waals surface area contributed by atoms with Gasteiger partial charge in [-0.25, -0.2) is 9.18 Å². The highest BCUT2D eigenvalue weighted by molar-refractivity contribution is 7.17. The molecule has 0 saturated heterocycles. The van der Waals surface area contributed by atoms with Gasteiger partial charge in [-0.2, -0.15) is 0 Å². The molecule has 3 aromatic rings. The Morgan fingerprint density at radius 1 is 1.06 bits per heavy atom. The second-order valence-electron chi connectivity index (χ2n) is 6.86. The Kier molecular flexibility index (Phi) is 7.41. The number of nitrogens with one attached hydrogen (secondary N) is 1. The molecule has 7 heteroatoms. The Bertz CT molecular complexity index is 1060. The number of halogens is 1. The number of carbonyl (C=O) groups is 2. The van der Waals surface area contributed by atoms with Crippen molar-refractivity contribution >= 4 is 28.2 Å². The molecule has 0 aliphatic carbocycles. The van der Waals surface area contributed by atoms with Crippen LogP contribution in [0.25, 0.3) is 11.1 Å². The van der Waals surface area contributed by atoms with Crippen molar-refractivity contribution < 1.29 is 23.5 Å². The van der Waals surface area contributed by atoms with Crippen LogP contribution < -0.4 is 10.1 Å². The van der Waals surface area contributed by atoms with E-state index < -0.39 is 5.97 Å². The number of anilines is 1. The van der Waals surface area contributed by atoms with Crippen LogP contribution in [0.1, 0.15) is 34.1 Å². The Morgan fingerprint density at radius 3 is 2.35 bits per heavy atom. The number of rotatable bonds is 8. The lowest BCUT2D eigenvalue weighted by atomic mass is 10.0. The van der Waals surface area contributed by atoms with E-state index in [1.165, 1.54) is 30.6 Å². The quantitative estimate of drug-likeness (QED) is 0.461. The predicted molar refractivity (Wildman–Crippen MR) is 120 cm³/mol. The number of ether oxygens (including phenoxy) is 2.